The number of para-hydroxylation sites is 1. The van der Waals surface area contributed by atoms with Gasteiger partial charge in [0.05, 0.1) is 23.3 Å². The Kier molecular flexibility index (Phi) is 8.92. The second-order valence-corrected chi connectivity index (χ2v) is 11.0. The topological polar surface area (TPSA) is 50.8 Å². The molecule has 5 heteroatoms. The number of nitrogens with zero attached hydrogens (tertiary/aromatic N) is 3. The molecular formula is C36H23Br2N3. The molecule has 0 heterocycles. The van der Waals surface area contributed by atoms with Crippen LogP contribution in [0.3, 0.4) is 0 Å². The molecule has 5 aromatic carbocycles. The van der Waals surface area contributed by atoms with Crippen LogP contribution in [0.5, 0.6) is 0 Å². The van der Waals surface area contributed by atoms with Crippen molar-refractivity contribution in [1.82, 2.24) is 0 Å². The third-order valence-electron chi connectivity index (χ3n) is 6.49. The molecule has 0 radical (unpaired) electrons. The van der Waals surface area contributed by atoms with Crippen molar-refractivity contribution in [3.63, 3.8) is 0 Å². The summed E-state index contributed by atoms with van der Waals surface area (Å²) in [5, 5.41) is 19.7. The van der Waals surface area contributed by atoms with Gasteiger partial charge < -0.3 is 4.90 Å². The van der Waals surface area contributed by atoms with Crippen LogP contribution in [0.1, 0.15) is 22.3 Å². The Morgan fingerprint density at radius 1 is 0.488 bits per heavy atom. The highest BCUT2D eigenvalue weighted by Crippen LogP contribution is 2.36. The third kappa shape index (κ3) is 6.91. The summed E-state index contributed by atoms with van der Waals surface area (Å²) in [6, 6.07) is 46.5. The second-order valence-electron chi connectivity index (χ2n) is 9.21. The lowest BCUT2D eigenvalue weighted by molar-refractivity contribution is 1.28. The molecule has 41 heavy (non-hydrogen) atoms. The van der Waals surface area contributed by atoms with E-state index < -0.39 is 0 Å². The Morgan fingerprint density at radius 3 is 1.22 bits per heavy atom. The lowest BCUT2D eigenvalue weighted by atomic mass is 10.0. The van der Waals surface area contributed by atoms with E-state index in [0.29, 0.717) is 11.1 Å². The number of rotatable bonds is 7. The van der Waals surface area contributed by atoms with Crippen LogP contribution in [0.2, 0.25) is 0 Å². The maximum Gasteiger partial charge on any atom is 0.0998 e. The Labute approximate surface area is 257 Å². The summed E-state index contributed by atoms with van der Waals surface area (Å²) in [6.45, 7) is 0. The van der Waals surface area contributed by atoms with E-state index in [1.54, 1.807) is 0 Å². The number of nitriles is 2. The smallest absolute Gasteiger partial charge is 0.0998 e. The first-order valence-electron chi connectivity index (χ1n) is 12.8. The van der Waals surface area contributed by atoms with Crippen molar-refractivity contribution in [2.75, 3.05) is 4.90 Å². The largest absolute Gasteiger partial charge is 0.311 e. The van der Waals surface area contributed by atoms with Gasteiger partial charge in [0.2, 0.25) is 0 Å². The highest BCUT2D eigenvalue weighted by atomic mass is 79.9. The van der Waals surface area contributed by atoms with Crippen molar-refractivity contribution in [1.29, 1.82) is 10.5 Å². The summed E-state index contributed by atoms with van der Waals surface area (Å²) >= 11 is 6.91. The van der Waals surface area contributed by atoms with Gasteiger partial charge in [-0.25, -0.2) is 0 Å². The molecule has 3 nitrogen and oxygen atoms in total. The van der Waals surface area contributed by atoms with Crippen LogP contribution >= 0.6 is 31.9 Å². The minimum absolute atomic E-state index is 0.594. The third-order valence-corrected chi connectivity index (χ3v) is 7.55. The van der Waals surface area contributed by atoms with Crippen molar-refractivity contribution < 1.29 is 0 Å². The van der Waals surface area contributed by atoms with E-state index in [-0.39, 0.29) is 0 Å². The zero-order valence-corrected chi connectivity index (χ0v) is 25.0. The molecule has 0 aliphatic rings. The van der Waals surface area contributed by atoms with Crippen LogP contribution in [0.4, 0.5) is 17.1 Å². The molecular weight excluding hydrogens is 634 g/mol. The lowest BCUT2D eigenvalue weighted by Crippen LogP contribution is -2.09. The molecule has 0 atom stereocenters. The number of halogens is 2. The highest BCUT2D eigenvalue weighted by molar-refractivity contribution is 9.10. The second kappa shape index (κ2) is 13.1. The van der Waals surface area contributed by atoms with E-state index in [9.17, 15) is 10.5 Å². The van der Waals surface area contributed by atoms with Gasteiger partial charge in [-0.3, -0.25) is 0 Å². The van der Waals surface area contributed by atoms with Crippen LogP contribution in [0, 0.1) is 22.7 Å². The van der Waals surface area contributed by atoms with Gasteiger partial charge in [-0.1, -0.05) is 98.6 Å². The Balaban J connectivity index is 1.47. The molecule has 0 unspecified atom stereocenters. The summed E-state index contributed by atoms with van der Waals surface area (Å²) in [7, 11) is 0. The van der Waals surface area contributed by atoms with E-state index in [1.165, 1.54) is 0 Å². The molecule has 5 aromatic rings. The predicted molar refractivity (Wildman–Crippen MR) is 176 cm³/mol. The minimum atomic E-state index is 0.594. The number of allylic oxidation sites excluding steroid dienone is 2. The van der Waals surface area contributed by atoms with Crippen molar-refractivity contribution in [2.24, 2.45) is 0 Å². The molecule has 0 amide bonds. The zero-order valence-electron chi connectivity index (χ0n) is 21.9. The van der Waals surface area contributed by atoms with E-state index in [1.807, 2.05) is 127 Å². The standard InChI is InChI=1S/C36H23Br2N3/c37-32-14-6-26(7-15-32)22-30(24-39)28-10-18-35(19-11-28)41(34-4-2-1-3-5-34)36-20-12-29(13-21-36)31(25-40)23-27-8-16-33(38)17-9-27/h1-23H/b30-22-,31-23+. The molecule has 0 aromatic heterocycles. The fourth-order valence-electron chi connectivity index (χ4n) is 4.42. The van der Waals surface area contributed by atoms with Crippen LogP contribution in [0.25, 0.3) is 23.3 Å². The van der Waals surface area contributed by atoms with Gasteiger partial charge in [-0.05, 0) is 95.1 Å². The first-order chi connectivity index (χ1) is 20.0. The molecule has 0 saturated heterocycles. The Morgan fingerprint density at radius 2 is 0.854 bits per heavy atom. The van der Waals surface area contributed by atoms with Crippen LogP contribution in [-0.2, 0) is 0 Å². The quantitative estimate of drug-likeness (QED) is 0.129. The molecule has 0 saturated carbocycles. The summed E-state index contributed by atoms with van der Waals surface area (Å²) in [6.07, 6.45) is 3.79. The van der Waals surface area contributed by atoms with E-state index in [0.717, 1.165) is 48.3 Å². The van der Waals surface area contributed by atoms with Crippen molar-refractivity contribution in [3.8, 4) is 12.1 Å². The maximum atomic E-state index is 9.86. The molecule has 196 valence electrons. The lowest BCUT2D eigenvalue weighted by Gasteiger charge is -2.25. The summed E-state index contributed by atoms with van der Waals surface area (Å²) in [4.78, 5) is 2.16. The SMILES string of the molecule is N#C/C(=C\c1ccc(Br)cc1)c1ccc(N(c2ccccc2)c2ccc(/C(C#N)=C\c3ccc(Br)cc3)cc2)cc1. The van der Waals surface area contributed by atoms with E-state index in [4.69, 9.17) is 0 Å². The van der Waals surface area contributed by atoms with Crippen LogP contribution in [-0.4, -0.2) is 0 Å². The highest BCUT2D eigenvalue weighted by Gasteiger charge is 2.13. The maximum absolute atomic E-state index is 9.86. The number of hydrogen-bond donors (Lipinski definition) is 0. The number of hydrogen-bond acceptors (Lipinski definition) is 3. The molecule has 5 rings (SSSR count). The molecule has 0 spiro atoms. The summed E-state index contributed by atoms with van der Waals surface area (Å²) < 4.78 is 1.99. The molecule has 0 N–H and O–H groups in total. The Bertz CT molecular complexity index is 1660. The van der Waals surface area contributed by atoms with E-state index >= 15 is 0 Å². The first-order valence-corrected chi connectivity index (χ1v) is 14.4. The fraction of sp³-hybridized carbons (Fsp3) is 0. The van der Waals surface area contributed by atoms with Crippen LogP contribution < -0.4 is 4.90 Å². The van der Waals surface area contributed by atoms with Crippen LogP contribution in [0.15, 0.2) is 136 Å². The van der Waals surface area contributed by atoms with E-state index in [2.05, 4.69) is 61.0 Å². The number of anilines is 3. The summed E-state index contributed by atoms with van der Waals surface area (Å²) in [5.74, 6) is 0. The molecule has 0 aliphatic carbocycles. The minimum Gasteiger partial charge on any atom is -0.311 e. The normalized spacial score (nSPS) is 11.4. The fourth-order valence-corrected chi connectivity index (χ4v) is 4.94. The van der Waals surface area contributed by atoms with Gasteiger partial charge in [-0.15, -0.1) is 0 Å². The van der Waals surface area contributed by atoms with Gasteiger partial charge in [0.1, 0.15) is 0 Å². The average Bonchev–Trinajstić information content (AvgIpc) is 3.02. The van der Waals surface area contributed by atoms with Gasteiger partial charge >= 0.3 is 0 Å². The monoisotopic (exact) mass is 655 g/mol. The van der Waals surface area contributed by atoms with Gasteiger partial charge in [0.15, 0.2) is 0 Å². The van der Waals surface area contributed by atoms with Crippen molar-refractivity contribution in [3.05, 3.63) is 159 Å². The first kappa shape index (κ1) is 27.9. The Hall–Kier alpha value is -4.68. The molecule has 0 bridgehead atoms. The van der Waals surface area contributed by atoms with Crippen molar-refractivity contribution >= 4 is 72.2 Å². The van der Waals surface area contributed by atoms with Gasteiger partial charge in [-0.2, -0.15) is 10.5 Å². The van der Waals surface area contributed by atoms with Gasteiger partial charge in [0.25, 0.3) is 0 Å². The molecule has 0 fully saturated rings. The zero-order chi connectivity index (χ0) is 28.6. The van der Waals surface area contributed by atoms with Gasteiger partial charge in [0, 0.05) is 26.0 Å². The predicted octanol–water partition coefficient (Wildman–Crippen LogP) is 10.8. The molecule has 0 aliphatic heterocycles. The van der Waals surface area contributed by atoms with Crippen molar-refractivity contribution in [2.45, 2.75) is 0 Å². The number of benzene rings is 5. The summed E-state index contributed by atoms with van der Waals surface area (Å²) in [5.41, 5.74) is 7.73. The average molecular weight is 657 g/mol.